The number of phenolic OH excluding ortho intramolecular Hbond substituents is 1. The molecule has 3 nitrogen and oxygen atoms in total. The third-order valence-electron chi connectivity index (χ3n) is 4.05. The van der Waals surface area contributed by atoms with Crippen LogP contribution in [0.4, 0.5) is 0 Å². The van der Waals surface area contributed by atoms with E-state index in [1.165, 1.54) is 0 Å². The number of carbonyl (C=O) groups excluding carboxylic acids is 1. The van der Waals surface area contributed by atoms with E-state index in [1.807, 2.05) is 43.3 Å². The summed E-state index contributed by atoms with van der Waals surface area (Å²) in [5.74, 6) is 0.150. The molecule has 3 rings (SSSR count). The van der Waals surface area contributed by atoms with Crippen LogP contribution in [-0.2, 0) is 14.9 Å². The molecule has 0 amide bonds. The third kappa shape index (κ3) is 2.51. The number of aromatic hydroxyl groups is 1. The molecule has 2 aromatic rings. The number of rotatable bonds is 4. The number of hydrogen-bond acceptors (Lipinski definition) is 3. The van der Waals surface area contributed by atoms with Crippen LogP contribution in [0.25, 0.3) is 11.1 Å². The van der Waals surface area contributed by atoms with Crippen molar-refractivity contribution in [3.8, 4) is 16.9 Å². The Kier molecular flexibility index (Phi) is 3.42. The first kappa shape index (κ1) is 13.7. The summed E-state index contributed by atoms with van der Waals surface area (Å²) >= 11 is 0. The van der Waals surface area contributed by atoms with Crippen molar-refractivity contribution >= 4 is 5.97 Å². The molecule has 0 heterocycles. The third-order valence-corrected chi connectivity index (χ3v) is 4.05. The topological polar surface area (TPSA) is 46.5 Å². The van der Waals surface area contributed by atoms with E-state index < -0.39 is 5.41 Å². The molecule has 21 heavy (non-hydrogen) atoms. The molecule has 1 aliphatic rings. The van der Waals surface area contributed by atoms with Crippen LogP contribution in [0, 0.1) is 0 Å². The number of phenols is 1. The van der Waals surface area contributed by atoms with Crippen LogP contribution in [0.15, 0.2) is 48.5 Å². The molecule has 0 radical (unpaired) electrons. The second-order valence-electron chi connectivity index (χ2n) is 5.43. The van der Waals surface area contributed by atoms with E-state index in [-0.39, 0.29) is 11.7 Å². The number of hydrogen-bond donors (Lipinski definition) is 1. The van der Waals surface area contributed by atoms with Crippen LogP contribution < -0.4 is 0 Å². The molecule has 0 aromatic heterocycles. The van der Waals surface area contributed by atoms with Crippen molar-refractivity contribution in [2.24, 2.45) is 0 Å². The van der Waals surface area contributed by atoms with Gasteiger partial charge in [-0.15, -0.1) is 0 Å². The lowest BCUT2D eigenvalue weighted by atomic mass is 9.94. The van der Waals surface area contributed by atoms with Crippen molar-refractivity contribution < 1.29 is 14.6 Å². The van der Waals surface area contributed by atoms with Crippen LogP contribution in [0.3, 0.4) is 0 Å². The standard InChI is InChI=1S/C18H18O3/c1-2-21-17(20)18(11-12-18)15-7-3-13(4-8-15)14-5-9-16(19)10-6-14/h3-10,19H,2,11-12H2,1H3. The van der Waals surface area contributed by atoms with Crippen molar-refractivity contribution in [1.29, 1.82) is 0 Å². The van der Waals surface area contributed by atoms with Gasteiger partial charge in [0.1, 0.15) is 5.75 Å². The Morgan fingerprint density at radius 3 is 2.05 bits per heavy atom. The zero-order valence-corrected chi connectivity index (χ0v) is 12.0. The number of benzene rings is 2. The minimum absolute atomic E-state index is 0.109. The Morgan fingerprint density at radius 2 is 1.57 bits per heavy atom. The van der Waals surface area contributed by atoms with E-state index in [0.717, 1.165) is 29.5 Å². The van der Waals surface area contributed by atoms with Gasteiger partial charge in [0.2, 0.25) is 0 Å². The highest BCUT2D eigenvalue weighted by Crippen LogP contribution is 2.49. The first-order valence-electron chi connectivity index (χ1n) is 7.23. The smallest absolute Gasteiger partial charge is 0.316 e. The second kappa shape index (κ2) is 5.24. The summed E-state index contributed by atoms with van der Waals surface area (Å²) in [6.07, 6.45) is 1.73. The first-order valence-corrected chi connectivity index (χ1v) is 7.23. The Morgan fingerprint density at radius 1 is 1.05 bits per heavy atom. The van der Waals surface area contributed by atoms with Gasteiger partial charge in [-0.2, -0.15) is 0 Å². The van der Waals surface area contributed by atoms with Crippen LogP contribution in [0.2, 0.25) is 0 Å². The van der Waals surface area contributed by atoms with Crippen molar-refractivity contribution in [3.63, 3.8) is 0 Å². The maximum Gasteiger partial charge on any atom is 0.316 e. The molecule has 1 N–H and O–H groups in total. The van der Waals surface area contributed by atoms with Crippen LogP contribution in [0.1, 0.15) is 25.3 Å². The van der Waals surface area contributed by atoms with Gasteiger partial charge < -0.3 is 9.84 Å². The molecule has 0 atom stereocenters. The maximum atomic E-state index is 12.1. The summed E-state index contributed by atoms with van der Waals surface area (Å²) in [6.45, 7) is 2.26. The molecule has 1 aliphatic carbocycles. The van der Waals surface area contributed by atoms with E-state index in [0.29, 0.717) is 6.61 Å². The number of esters is 1. The van der Waals surface area contributed by atoms with Crippen molar-refractivity contribution in [2.75, 3.05) is 6.61 Å². The lowest BCUT2D eigenvalue weighted by Crippen LogP contribution is -2.23. The van der Waals surface area contributed by atoms with Crippen molar-refractivity contribution in [1.82, 2.24) is 0 Å². The first-order chi connectivity index (χ1) is 10.2. The summed E-state index contributed by atoms with van der Waals surface area (Å²) in [7, 11) is 0. The molecule has 108 valence electrons. The normalized spacial score (nSPS) is 15.5. The Balaban J connectivity index is 1.84. The number of ether oxygens (including phenoxy) is 1. The molecule has 1 saturated carbocycles. The fraction of sp³-hybridized carbons (Fsp3) is 0.278. The van der Waals surface area contributed by atoms with Gasteiger partial charge in [0.05, 0.1) is 12.0 Å². The lowest BCUT2D eigenvalue weighted by Gasteiger charge is -2.14. The monoisotopic (exact) mass is 282 g/mol. The van der Waals surface area contributed by atoms with Crippen LogP contribution >= 0.6 is 0 Å². The summed E-state index contributed by atoms with van der Waals surface area (Å²) in [6, 6.07) is 15.1. The minimum Gasteiger partial charge on any atom is -0.508 e. The summed E-state index contributed by atoms with van der Waals surface area (Å²) in [4.78, 5) is 12.1. The van der Waals surface area contributed by atoms with Gasteiger partial charge in [0.15, 0.2) is 0 Å². The zero-order valence-electron chi connectivity index (χ0n) is 12.0. The zero-order chi connectivity index (χ0) is 14.9. The molecular weight excluding hydrogens is 264 g/mol. The van der Waals surface area contributed by atoms with Gasteiger partial charge in [-0.1, -0.05) is 36.4 Å². The molecule has 1 fully saturated rings. The van der Waals surface area contributed by atoms with Gasteiger partial charge in [-0.25, -0.2) is 0 Å². The maximum absolute atomic E-state index is 12.1. The van der Waals surface area contributed by atoms with Crippen molar-refractivity contribution in [3.05, 3.63) is 54.1 Å². The van der Waals surface area contributed by atoms with Gasteiger partial charge in [0, 0.05) is 0 Å². The quantitative estimate of drug-likeness (QED) is 0.871. The summed E-state index contributed by atoms with van der Waals surface area (Å²) in [5.41, 5.74) is 2.73. The SMILES string of the molecule is CCOC(=O)C1(c2ccc(-c3ccc(O)cc3)cc2)CC1. The van der Waals surface area contributed by atoms with E-state index in [4.69, 9.17) is 4.74 Å². The highest BCUT2D eigenvalue weighted by molar-refractivity contribution is 5.86. The Bertz CT molecular complexity index is 637. The molecule has 3 heteroatoms. The average molecular weight is 282 g/mol. The predicted molar refractivity (Wildman–Crippen MR) is 81.1 cm³/mol. The second-order valence-corrected chi connectivity index (χ2v) is 5.43. The lowest BCUT2D eigenvalue weighted by molar-refractivity contribution is -0.146. The van der Waals surface area contributed by atoms with Gasteiger partial charge in [-0.3, -0.25) is 4.79 Å². The molecule has 0 saturated heterocycles. The van der Waals surface area contributed by atoms with Gasteiger partial charge in [-0.05, 0) is 48.6 Å². The van der Waals surface area contributed by atoms with E-state index in [2.05, 4.69) is 0 Å². The largest absolute Gasteiger partial charge is 0.508 e. The fourth-order valence-electron chi connectivity index (χ4n) is 2.64. The summed E-state index contributed by atoms with van der Waals surface area (Å²) < 4.78 is 5.18. The predicted octanol–water partition coefficient (Wildman–Crippen LogP) is 3.65. The highest BCUT2D eigenvalue weighted by atomic mass is 16.5. The van der Waals surface area contributed by atoms with E-state index in [1.54, 1.807) is 12.1 Å². The van der Waals surface area contributed by atoms with Crippen molar-refractivity contribution in [2.45, 2.75) is 25.2 Å². The van der Waals surface area contributed by atoms with E-state index in [9.17, 15) is 9.90 Å². The molecule has 0 bridgehead atoms. The number of carbonyl (C=O) groups is 1. The highest BCUT2D eigenvalue weighted by Gasteiger charge is 2.52. The van der Waals surface area contributed by atoms with Gasteiger partial charge >= 0.3 is 5.97 Å². The molecule has 0 spiro atoms. The van der Waals surface area contributed by atoms with Crippen LogP contribution in [-0.4, -0.2) is 17.7 Å². The molecule has 0 aliphatic heterocycles. The minimum atomic E-state index is -0.413. The molecule has 0 unspecified atom stereocenters. The molecular formula is C18H18O3. The average Bonchev–Trinajstić information content (AvgIpc) is 3.30. The fourth-order valence-corrected chi connectivity index (χ4v) is 2.64. The summed E-state index contributed by atoms with van der Waals surface area (Å²) in [5, 5.41) is 9.32. The Labute approximate surface area is 124 Å². The van der Waals surface area contributed by atoms with Crippen LogP contribution in [0.5, 0.6) is 5.75 Å². The Hall–Kier alpha value is -2.29. The van der Waals surface area contributed by atoms with Gasteiger partial charge in [0.25, 0.3) is 0 Å². The van der Waals surface area contributed by atoms with E-state index >= 15 is 0 Å². The molecule has 2 aromatic carbocycles.